The quantitative estimate of drug-likeness (QED) is 0.869. The van der Waals surface area contributed by atoms with Crippen molar-refractivity contribution in [3.63, 3.8) is 0 Å². The Morgan fingerprint density at radius 3 is 2.78 bits per heavy atom. The van der Waals surface area contributed by atoms with Gasteiger partial charge in [-0.15, -0.1) is 0 Å². The van der Waals surface area contributed by atoms with E-state index in [2.05, 4.69) is 5.32 Å². The number of benzene rings is 1. The molecular weight excluding hydrogens is 250 g/mol. The fraction of sp³-hybridized carbons (Fsp3) is 0.538. The zero-order valence-electron chi connectivity index (χ0n) is 10.5. The van der Waals surface area contributed by atoms with Crippen molar-refractivity contribution in [2.45, 2.75) is 24.2 Å². The van der Waals surface area contributed by atoms with Crippen molar-refractivity contribution in [3.8, 4) is 5.75 Å². The first kappa shape index (κ1) is 13.4. The smallest absolute Gasteiger partial charge is 0.175 e. The Hall–Kier alpha value is -1.07. The molecule has 1 aromatic carbocycles. The number of piperidine rings is 1. The fourth-order valence-corrected chi connectivity index (χ4v) is 3.00. The molecule has 0 radical (unpaired) electrons. The van der Waals surface area contributed by atoms with E-state index in [-0.39, 0.29) is 10.6 Å². The average Bonchev–Trinajstić information content (AvgIpc) is 2.32. The summed E-state index contributed by atoms with van der Waals surface area (Å²) in [6, 6.07) is 4.64. The van der Waals surface area contributed by atoms with Gasteiger partial charge >= 0.3 is 0 Å². The molecule has 0 aromatic heterocycles. The summed E-state index contributed by atoms with van der Waals surface area (Å²) in [7, 11) is -3.25. The van der Waals surface area contributed by atoms with Crippen LogP contribution in [0.3, 0.4) is 0 Å². The van der Waals surface area contributed by atoms with Gasteiger partial charge in [-0.25, -0.2) is 8.42 Å². The molecule has 1 aromatic rings. The molecule has 4 nitrogen and oxygen atoms in total. The van der Waals surface area contributed by atoms with E-state index >= 15 is 0 Å². The van der Waals surface area contributed by atoms with Gasteiger partial charge in [-0.05, 0) is 56.0 Å². The molecule has 1 aliphatic rings. The van der Waals surface area contributed by atoms with E-state index in [1.807, 2.05) is 0 Å². The summed E-state index contributed by atoms with van der Waals surface area (Å²) in [4.78, 5) is 0.172. The first-order chi connectivity index (χ1) is 8.47. The summed E-state index contributed by atoms with van der Waals surface area (Å²) in [5.41, 5.74) is 0.830. The van der Waals surface area contributed by atoms with Crippen LogP contribution >= 0.6 is 0 Å². The van der Waals surface area contributed by atoms with Crippen molar-refractivity contribution in [3.05, 3.63) is 23.8 Å². The van der Waals surface area contributed by atoms with Crippen LogP contribution in [-0.2, 0) is 16.3 Å². The highest BCUT2D eigenvalue weighted by Gasteiger charge is 2.16. The minimum atomic E-state index is -3.25. The average molecular weight is 269 g/mol. The van der Waals surface area contributed by atoms with Crippen LogP contribution in [0.1, 0.15) is 18.4 Å². The Balaban J connectivity index is 2.14. The van der Waals surface area contributed by atoms with Crippen molar-refractivity contribution >= 4 is 9.84 Å². The third-order valence-corrected chi connectivity index (χ3v) is 4.50. The molecule has 5 heteroatoms. The molecule has 18 heavy (non-hydrogen) atoms. The summed E-state index contributed by atoms with van der Waals surface area (Å²) >= 11 is 0. The summed E-state index contributed by atoms with van der Waals surface area (Å²) in [5.74, 6) is 0.609. The Morgan fingerprint density at radius 1 is 1.44 bits per heavy atom. The Labute approximate surface area is 108 Å². The van der Waals surface area contributed by atoms with E-state index in [9.17, 15) is 13.5 Å². The highest BCUT2D eigenvalue weighted by atomic mass is 32.2. The van der Waals surface area contributed by atoms with Gasteiger partial charge < -0.3 is 10.4 Å². The van der Waals surface area contributed by atoms with Crippen LogP contribution in [-0.4, -0.2) is 32.9 Å². The molecule has 0 spiro atoms. The molecule has 0 saturated carbocycles. The van der Waals surface area contributed by atoms with Crippen LogP contribution in [0.15, 0.2) is 23.1 Å². The second kappa shape index (κ2) is 5.28. The second-order valence-corrected chi connectivity index (χ2v) is 6.99. The third-order valence-electron chi connectivity index (χ3n) is 3.39. The molecule has 1 fully saturated rings. The van der Waals surface area contributed by atoms with Gasteiger partial charge in [0.25, 0.3) is 0 Å². The molecule has 100 valence electrons. The van der Waals surface area contributed by atoms with E-state index in [1.165, 1.54) is 6.07 Å². The summed E-state index contributed by atoms with van der Waals surface area (Å²) < 4.78 is 22.7. The molecule has 0 amide bonds. The standard InChI is InChI=1S/C13H19NO3S/c1-18(16,17)12-5-4-11(13(15)8-12)7-10-3-2-6-14-9-10/h4-5,8,10,14-15H,2-3,6-7,9H2,1H3. The lowest BCUT2D eigenvalue weighted by Crippen LogP contribution is -2.30. The van der Waals surface area contributed by atoms with E-state index in [1.54, 1.807) is 12.1 Å². The largest absolute Gasteiger partial charge is 0.508 e. The van der Waals surface area contributed by atoms with Crippen LogP contribution in [0, 0.1) is 5.92 Å². The number of rotatable bonds is 3. The summed E-state index contributed by atoms with van der Waals surface area (Å²) in [6.45, 7) is 2.03. The van der Waals surface area contributed by atoms with Crippen LogP contribution < -0.4 is 5.32 Å². The van der Waals surface area contributed by atoms with Gasteiger partial charge in [0.1, 0.15) is 5.75 Å². The first-order valence-corrected chi connectivity index (χ1v) is 8.08. The van der Waals surface area contributed by atoms with E-state index in [0.29, 0.717) is 5.92 Å². The SMILES string of the molecule is CS(=O)(=O)c1ccc(CC2CCCNC2)c(O)c1. The predicted molar refractivity (Wildman–Crippen MR) is 70.5 cm³/mol. The molecular formula is C13H19NO3S. The molecule has 1 heterocycles. The maximum absolute atomic E-state index is 11.4. The highest BCUT2D eigenvalue weighted by Crippen LogP contribution is 2.26. The number of nitrogens with one attached hydrogen (secondary N) is 1. The van der Waals surface area contributed by atoms with Crippen molar-refractivity contribution < 1.29 is 13.5 Å². The van der Waals surface area contributed by atoms with E-state index in [0.717, 1.165) is 44.2 Å². The third kappa shape index (κ3) is 3.23. The number of hydrogen-bond acceptors (Lipinski definition) is 4. The van der Waals surface area contributed by atoms with Gasteiger partial charge in [0, 0.05) is 6.26 Å². The van der Waals surface area contributed by atoms with Crippen LogP contribution in [0.25, 0.3) is 0 Å². The molecule has 1 unspecified atom stereocenters. The van der Waals surface area contributed by atoms with Gasteiger partial charge in [0.15, 0.2) is 9.84 Å². The predicted octanol–water partition coefficient (Wildman–Crippen LogP) is 1.34. The Morgan fingerprint density at radius 2 is 2.22 bits per heavy atom. The fourth-order valence-electron chi connectivity index (χ4n) is 2.36. The Bertz CT molecular complexity index is 519. The number of sulfone groups is 1. The maximum atomic E-state index is 11.4. The zero-order valence-corrected chi connectivity index (χ0v) is 11.3. The lowest BCUT2D eigenvalue weighted by atomic mass is 9.92. The molecule has 1 atom stereocenters. The van der Waals surface area contributed by atoms with Gasteiger partial charge in [-0.3, -0.25) is 0 Å². The normalized spacial score (nSPS) is 20.8. The lowest BCUT2D eigenvalue weighted by molar-refractivity contribution is 0.369. The molecule has 0 aliphatic carbocycles. The molecule has 1 saturated heterocycles. The summed E-state index contributed by atoms with van der Waals surface area (Å²) in [6.07, 6.45) is 4.25. The van der Waals surface area contributed by atoms with Crippen molar-refractivity contribution in [1.29, 1.82) is 0 Å². The number of phenols is 1. The Kier molecular flexibility index (Phi) is 3.92. The minimum absolute atomic E-state index is 0.0866. The first-order valence-electron chi connectivity index (χ1n) is 6.19. The lowest BCUT2D eigenvalue weighted by Gasteiger charge is -2.23. The topological polar surface area (TPSA) is 66.4 Å². The molecule has 0 bridgehead atoms. The van der Waals surface area contributed by atoms with Gasteiger partial charge in [0.2, 0.25) is 0 Å². The number of aromatic hydroxyl groups is 1. The van der Waals surface area contributed by atoms with Crippen molar-refractivity contribution in [1.82, 2.24) is 5.32 Å². The van der Waals surface area contributed by atoms with E-state index < -0.39 is 9.84 Å². The molecule has 1 aliphatic heterocycles. The van der Waals surface area contributed by atoms with Gasteiger partial charge in [-0.2, -0.15) is 0 Å². The van der Waals surface area contributed by atoms with Crippen molar-refractivity contribution in [2.24, 2.45) is 5.92 Å². The second-order valence-electron chi connectivity index (χ2n) is 4.98. The number of hydrogen-bond donors (Lipinski definition) is 2. The highest BCUT2D eigenvalue weighted by molar-refractivity contribution is 7.90. The zero-order chi connectivity index (χ0) is 13.2. The van der Waals surface area contributed by atoms with Gasteiger partial charge in [-0.1, -0.05) is 6.07 Å². The minimum Gasteiger partial charge on any atom is -0.508 e. The van der Waals surface area contributed by atoms with Gasteiger partial charge in [0.05, 0.1) is 4.90 Å². The van der Waals surface area contributed by atoms with Crippen LogP contribution in [0.4, 0.5) is 0 Å². The van der Waals surface area contributed by atoms with E-state index in [4.69, 9.17) is 0 Å². The maximum Gasteiger partial charge on any atom is 0.175 e. The number of phenolic OH excluding ortho intramolecular Hbond substituents is 1. The monoisotopic (exact) mass is 269 g/mol. The van der Waals surface area contributed by atoms with Crippen LogP contribution in [0.5, 0.6) is 5.75 Å². The molecule has 2 N–H and O–H groups in total. The van der Waals surface area contributed by atoms with Crippen molar-refractivity contribution in [2.75, 3.05) is 19.3 Å². The van der Waals surface area contributed by atoms with Crippen LogP contribution in [0.2, 0.25) is 0 Å². The molecule has 2 rings (SSSR count). The summed E-state index contributed by atoms with van der Waals surface area (Å²) in [5, 5.41) is 13.2.